The van der Waals surface area contributed by atoms with Gasteiger partial charge in [0, 0.05) is 24.3 Å². The third-order valence-corrected chi connectivity index (χ3v) is 5.22. The van der Waals surface area contributed by atoms with Crippen molar-refractivity contribution in [3.05, 3.63) is 69.8 Å². The first-order chi connectivity index (χ1) is 13.6. The summed E-state index contributed by atoms with van der Waals surface area (Å²) < 4.78 is 13.4. The van der Waals surface area contributed by atoms with Crippen LogP contribution in [0.5, 0.6) is 11.5 Å². The van der Waals surface area contributed by atoms with Crippen LogP contribution in [-0.2, 0) is 11.4 Å². The van der Waals surface area contributed by atoms with E-state index in [1.807, 2.05) is 53.5 Å². The fraction of sp³-hybridized carbons (Fsp3) is 0.375. The monoisotopic (exact) mass is 492 g/mol. The lowest BCUT2D eigenvalue weighted by Gasteiger charge is -2.23. The molecule has 3 nitrogen and oxygen atoms in total. The first-order valence-corrected chi connectivity index (χ1v) is 11.0. The molecule has 2 aromatic carbocycles. The van der Waals surface area contributed by atoms with Crippen molar-refractivity contribution in [1.82, 2.24) is 0 Å². The van der Waals surface area contributed by atoms with Gasteiger partial charge in [-0.05, 0) is 40.2 Å². The summed E-state index contributed by atoms with van der Waals surface area (Å²) in [7, 11) is 1.66. The number of Topliss-reactive ketones (excluding diaryl/α,β-unsaturated/α-hetero) is 1. The maximum Gasteiger partial charge on any atom is 0.133 e. The van der Waals surface area contributed by atoms with Gasteiger partial charge in [-0.3, -0.25) is 4.79 Å². The summed E-state index contributed by atoms with van der Waals surface area (Å²) in [4.78, 5) is 12.2. The van der Waals surface area contributed by atoms with E-state index in [9.17, 15) is 4.79 Å². The van der Waals surface area contributed by atoms with Gasteiger partial charge in [0.05, 0.1) is 7.11 Å². The number of hydrogen-bond acceptors (Lipinski definition) is 3. The number of hydrogen-bond donors (Lipinski definition) is 0. The molecule has 2 atom stereocenters. The fourth-order valence-electron chi connectivity index (χ4n) is 3.32. The highest BCUT2D eigenvalue weighted by Crippen LogP contribution is 2.35. The van der Waals surface area contributed by atoms with Crippen LogP contribution in [0.2, 0.25) is 0 Å². The largest absolute Gasteiger partial charge is 0.497 e. The van der Waals surface area contributed by atoms with Gasteiger partial charge in [-0.1, -0.05) is 72.8 Å². The SMILES string of the molecule is CCCC(=O)CC(C)C(C=CI)c1ccccc1OCc1ccc(OC)cc1. The van der Waals surface area contributed by atoms with Crippen LogP contribution in [-0.4, -0.2) is 12.9 Å². The summed E-state index contributed by atoms with van der Waals surface area (Å²) in [5, 5.41) is 0. The zero-order chi connectivity index (χ0) is 20.4. The van der Waals surface area contributed by atoms with Gasteiger partial charge in [-0.15, -0.1) is 0 Å². The van der Waals surface area contributed by atoms with Crippen LogP contribution in [0, 0.1) is 5.92 Å². The number of rotatable bonds is 11. The van der Waals surface area contributed by atoms with Crippen molar-refractivity contribution in [2.45, 2.75) is 45.6 Å². The fourth-order valence-corrected chi connectivity index (χ4v) is 3.76. The summed E-state index contributed by atoms with van der Waals surface area (Å²) >= 11 is 2.24. The Morgan fingerprint density at radius 2 is 1.86 bits per heavy atom. The summed E-state index contributed by atoms with van der Waals surface area (Å²) in [6.45, 7) is 4.69. The molecule has 0 N–H and O–H groups in total. The quantitative estimate of drug-likeness (QED) is 0.328. The Bertz CT molecular complexity index is 768. The van der Waals surface area contributed by atoms with Gasteiger partial charge in [-0.2, -0.15) is 0 Å². The van der Waals surface area contributed by atoms with Crippen molar-refractivity contribution in [1.29, 1.82) is 0 Å². The Kier molecular flexibility index (Phi) is 9.55. The van der Waals surface area contributed by atoms with Gasteiger partial charge in [0.25, 0.3) is 0 Å². The average Bonchev–Trinajstić information content (AvgIpc) is 2.71. The van der Waals surface area contributed by atoms with Crippen LogP contribution in [0.1, 0.15) is 50.2 Å². The second-order valence-corrected chi connectivity index (χ2v) is 7.71. The van der Waals surface area contributed by atoms with Crippen LogP contribution in [0.25, 0.3) is 0 Å². The average molecular weight is 492 g/mol. The third kappa shape index (κ3) is 6.66. The van der Waals surface area contributed by atoms with Crippen molar-refractivity contribution < 1.29 is 14.3 Å². The Hall–Kier alpha value is -1.82. The van der Waals surface area contributed by atoms with Gasteiger partial charge in [-0.25, -0.2) is 0 Å². The predicted molar refractivity (Wildman–Crippen MR) is 123 cm³/mol. The third-order valence-electron chi connectivity index (χ3n) is 4.80. The minimum absolute atomic E-state index is 0.143. The molecule has 0 heterocycles. The number of carbonyl (C=O) groups excluding carboxylic acids is 1. The van der Waals surface area contributed by atoms with E-state index in [1.54, 1.807) is 7.11 Å². The molecule has 150 valence electrons. The molecule has 0 amide bonds. The van der Waals surface area contributed by atoms with Crippen LogP contribution < -0.4 is 9.47 Å². The van der Waals surface area contributed by atoms with E-state index in [1.165, 1.54) is 0 Å². The zero-order valence-corrected chi connectivity index (χ0v) is 19.0. The lowest BCUT2D eigenvalue weighted by Crippen LogP contribution is -2.14. The smallest absolute Gasteiger partial charge is 0.133 e. The molecule has 0 saturated heterocycles. The number of carbonyl (C=O) groups is 1. The molecule has 0 aromatic heterocycles. The van der Waals surface area contributed by atoms with Gasteiger partial charge < -0.3 is 9.47 Å². The number of allylic oxidation sites excluding steroid dienone is 1. The van der Waals surface area contributed by atoms with Crippen molar-refractivity contribution in [3.8, 4) is 11.5 Å². The van der Waals surface area contributed by atoms with E-state index in [-0.39, 0.29) is 11.8 Å². The topological polar surface area (TPSA) is 35.5 Å². The second kappa shape index (κ2) is 11.9. The summed E-state index contributed by atoms with van der Waals surface area (Å²) in [6, 6.07) is 16.0. The predicted octanol–water partition coefficient (Wildman–Crippen LogP) is 6.70. The van der Waals surface area contributed by atoms with E-state index in [0.29, 0.717) is 25.2 Å². The highest BCUT2D eigenvalue weighted by molar-refractivity contribution is 14.1. The van der Waals surface area contributed by atoms with Crippen LogP contribution in [0.4, 0.5) is 0 Å². The number of halogens is 1. The first kappa shape index (κ1) is 22.5. The van der Waals surface area contributed by atoms with E-state index in [4.69, 9.17) is 9.47 Å². The van der Waals surface area contributed by atoms with Crippen LogP contribution in [0.15, 0.2) is 58.7 Å². The molecular formula is C24H29IO3. The molecule has 0 saturated carbocycles. The number of benzene rings is 2. The molecule has 0 aliphatic rings. The number of methoxy groups -OCH3 is 1. The Labute approximate surface area is 182 Å². The number of ketones is 1. The molecule has 0 aliphatic heterocycles. The van der Waals surface area contributed by atoms with Gasteiger partial charge in [0.1, 0.15) is 23.9 Å². The molecule has 0 fully saturated rings. The van der Waals surface area contributed by atoms with Gasteiger partial charge in [0.15, 0.2) is 0 Å². The molecule has 0 radical (unpaired) electrons. The minimum atomic E-state index is 0.143. The summed E-state index contributed by atoms with van der Waals surface area (Å²) in [5.41, 5.74) is 2.21. The number of para-hydroxylation sites is 1. The van der Waals surface area contributed by atoms with Gasteiger partial charge >= 0.3 is 0 Å². The van der Waals surface area contributed by atoms with E-state index >= 15 is 0 Å². The molecule has 4 heteroatoms. The van der Waals surface area contributed by atoms with Crippen molar-refractivity contribution in [2.24, 2.45) is 5.92 Å². The normalized spacial score (nSPS) is 13.3. The van der Waals surface area contributed by atoms with Crippen LogP contribution >= 0.6 is 22.6 Å². The molecule has 2 rings (SSSR count). The van der Waals surface area contributed by atoms with E-state index in [0.717, 1.165) is 29.0 Å². The van der Waals surface area contributed by atoms with E-state index in [2.05, 4.69) is 41.7 Å². The maximum absolute atomic E-state index is 12.2. The summed E-state index contributed by atoms with van der Waals surface area (Å²) in [6.07, 6.45) is 4.31. The van der Waals surface area contributed by atoms with Gasteiger partial charge in [0.2, 0.25) is 0 Å². The lowest BCUT2D eigenvalue weighted by atomic mass is 9.83. The second-order valence-electron chi connectivity index (χ2n) is 6.99. The maximum atomic E-state index is 12.2. The van der Waals surface area contributed by atoms with Crippen molar-refractivity contribution in [2.75, 3.05) is 7.11 Å². The first-order valence-electron chi connectivity index (χ1n) is 9.72. The standard InChI is InChI=1S/C24H29IO3/c1-4-7-20(26)16-18(2)22(14-15-25)23-8-5-6-9-24(23)28-17-19-10-12-21(27-3)13-11-19/h5-6,8-15,18,22H,4,7,16-17H2,1-3H3. The van der Waals surface area contributed by atoms with Crippen molar-refractivity contribution >= 4 is 28.4 Å². The molecule has 0 spiro atoms. The Balaban J connectivity index is 2.17. The van der Waals surface area contributed by atoms with E-state index < -0.39 is 0 Å². The van der Waals surface area contributed by atoms with Crippen molar-refractivity contribution in [3.63, 3.8) is 0 Å². The molecule has 0 bridgehead atoms. The minimum Gasteiger partial charge on any atom is -0.497 e. The zero-order valence-electron chi connectivity index (χ0n) is 16.9. The number of ether oxygens (including phenoxy) is 2. The highest BCUT2D eigenvalue weighted by Gasteiger charge is 2.22. The lowest BCUT2D eigenvalue weighted by molar-refractivity contribution is -0.119. The molecule has 28 heavy (non-hydrogen) atoms. The molecule has 2 aromatic rings. The molecule has 2 unspecified atom stereocenters. The summed E-state index contributed by atoms with van der Waals surface area (Å²) in [5.74, 6) is 2.40. The van der Waals surface area contributed by atoms with Crippen LogP contribution in [0.3, 0.4) is 0 Å². The molecular weight excluding hydrogens is 463 g/mol. The molecule has 0 aliphatic carbocycles. The Morgan fingerprint density at radius 1 is 1.14 bits per heavy atom. The Morgan fingerprint density at radius 3 is 2.50 bits per heavy atom. The highest BCUT2D eigenvalue weighted by atomic mass is 127.